The first-order valence-electron chi connectivity index (χ1n) is 12.9. The zero-order valence-corrected chi connectivity index (χ0v) is 21.6. The molecular formula is C35H29NO3. The molecule has 0 bridgehead atoms. The summed E-state index contributed by atoms with van der Waals surface area (Å²) >= 11 is 0. The molecule has 1 amide bonds. The molecule has 0 radical (unpaired) electrons. The predicted octanol–water partition coefficient (Wildman–Crippen LogP) is 7.59. The summed E-state index contributed by atoms with van der Waals surface area (Å²) < 4.78 is 6.42. The molecule has 0 saturated carbocycles. The number of carbonyl (C=O) groups excluding carboxylic acids is 2. The second-order valence-electron chi connectivity index (χ2n) is 9.33. The fourth-order valence-electron chi connectivity index (χ4n) is 4.57. The molecule has 0 aliphatic carbocycles. The average molecular weight is 512 g/mol. The summed E-state index contributed by atoms with van der Waals surface area (Å²) in [6, 6.07) is 42.8. The molecule has 0 heterocycles. The van der Waals surface area contributed by atoms with Crippen molar-refractivity contribution in [3.8, 4) is 16.9 Å². The lowest BCUT2D eigenvalue weighted by Gasteiger charge is -2.25. The van der Waals surface area contributed by atoms with Gasteiger partial charge in [-0.15, -0.1) is 0 Å². The van der Waals surface area contributed by atoms with Crippen LogP contribution in [0.15, 0.2) is 133 Å². The number of hydrogen-bond acceptors (Lipinski definition) is 3. The Morgan fingerprint density at radius 3 is 1.79 bits per heavy atom. The van der Waals surface area contributed by atoms with Gasteiger partial charge in [0.1, 0.15) is 18.6 Å². The molecule has 192 valence electrons. The molecule has 39 heavy (non-hydrogen) atoms. The smallest absolute Gasteiger partial charge is 0.258 e. The molecule has 0 aliphatic rings. The van der Waals surface area contributed by atoms with Crippen LogP contribution in [0.2, 0.25) is 0 Å². The van der Waals surface area contributed by atoms with E-state index in [0.29, 0.717) is 36.6 Å². The summed E-state index contributed by atoms with van der Waals surface area (Å²) in [7, 11) is 0. The zero-order valence-electron chi connectivity index (χ0n) is 21.6. The molecule has 0 unspecified atom stereocenters. The van der Waals surface area contributed by atoms with Gasteiger partial charge in [-0.05, 0) is 34.4 Å². The van der Waals surface area contributed by atoms with Gasteiger partial charge in [-0.3, -0.25) is 9.59 Å². The largest absolute Gasteiger partial charge is 0.487 e. The molecule has 0 aliphatic heterocycles. The van der Waals surface area contributed by atoms with Gasteiger partial charge in [0, 0.05) is 24.2 Å². The highest BCUT2D eigenvalue weighted by Crippen LogP contribution is 2.35. The lowest BCUT2D eigenvalue weighted by molar-refractivity contribution is 0.0725. The molecule has 5 aromatic carbocycles. The van der Waals surface area contributed by atoms with E-state index in [1.807, 2.05) is 132 Å². The van der Waals surface area contributed by atoms with Gasteiger partial charge in [0.15, 0.2) is 0 Å². The lowest BCUT2D eigenvalue weighted by atomic mass is 9.98. The third-order valence-corrected chi connectivity index (χ3v) is 6.52. The minimum absolute atomic E-state index is 0.126. The third-order valence-electron chi connectivity index (χ3n) is 6.52. The number of benzene rings is 5. The van der Waals surface area contributed by atoms with E-state index in [9.17, 15) is 9.59 Å². The van der Waals surface area contributed by atoms with E-state index in [4.69, 9.17) is 4.74 Å². The van der Waals surface area contributed by atoms with Gasteiger partial charge in [0.05, 0.1) is 5.56 Å². The number of aldehydes is 1. The molecule has 0 spiro atoms. The van der Waals surface area contributed by atoms with Gasteiger partial charge in [-0.1, -0.05) is 121 Å². The number of nitrogens with zero attached hydrogens (tertiary/aromatic N) is 1. The van der Waals surface area contributed by atoms with Crippen LogP contribution in [0, 0.1) is 0 Å². The fraction of sp³-hybridized carbons (Fsp3) is 0.0857. The van der Waals surface area contributed by atoms with Crippen molar-refractivity contribution in [1.29, 1.82) is 0 Å². The predicted molar refractivity (Wildman–Crippen MR) is 155 cm³/mol. The monoisotopic (exact) mass is 511 g/mol. The second kappa shape index (κ2) is 12.5. The molecule has 0 fully saturated rings. The highest BCUT2D eigenvalue weighted by molar-refractivity contribution is 5.99. The van der Waals surface area contributed by atoms with Crippen LogP contribution in [0.25, 0.3) is 11.1 Å². The Balaban J connectivity index is 1.57. The molecule has 0 aromatic heterocycles. The molecule has 0 saturated heterocycles. The molecule has 4 heteroatoms. The Morgan fingerprint density at radius 2 is 1.21 bits per heavy atom. The molecule has 5 aromatic rings. The zero-order chi connectivity index (χ0) is 26.9. The molecule has 0 atom stereocenters. The van der Waals surface area contributed by atoms with Crippen molar-refractivity contribution >= 4 is 12.2 Å². The highest BCUT2D eigenvalue weighted by atomic mass is 16.5. The summed E-state index contributed by atoms with van der Waals surface area (Å²) in [5.74, 6) is 0.375. The molecular weight excluding hydrogens is 482 g/mol. The van der Waals surface area contributed by atoms with Crippen molar-refractivity contribution in [1.82, 2.24) is 4.90 Å². The van der Waals surface area contributed by atoms with Crippen molar-refractivity contribution in [3.63, 3.8) is 0 Å². The van der Waals surface area contributed by atoms with Gasteiger partial charge in [0.25, 0.3) is 5.91 Å². The first kappa shape index (κ1) is 25.7. The maximum absolute atomic E-state index is 14.3. The van der Waals surface area contributed by atoms with Crippen molar-refractivity contribution < 1.29 is 14.3 Å². The summed E-state index contributed by atoms with van der Waals surface area (Å²) in [4.78, 5) is 27.6. The number of amides is 1. The van der Waals surface area contributed by atoms with Crippen LogP contribution in [0.1, 0.15) is 37.4 Å². The Kier molecular flexibility index (Phi) is 8.25. The van der Waals surface area contributed by atoms with Crippen molar-refractivity contribution in [2.45, 2.75) is 19.7 Å². The number of para-hydroxylation sites is 1. The van der Waals surface area contributed by atoms with Crippen LogP contribution >= 0.6 is 0 Å². The van der Waals surface area contributed by atoms with E-state index in [0.717, 1.165) is 34.1 Å². The Labute approximate surface area is 229 Å². The maximum Gasteiger partial charge on any atom is 0.258 e. The van der Waals surface area contributed by atoms with Gasteiger partial charge >= 0.3 is 0 Å². The molecule has 5 rings (SSSR count). The minimum atomic E-state index is -0.126. The van der Waals surface area contributed by atoms with Crippen LogP contribution < -0.4 is 4.74 Å². The van der Waals surface area contributed by atoms with Crippen LogP contribution in [0.3, 0.4) is 0 Å². The quantitative estimate of drug-likeness (QED) is 0.182. The average Bonchev–Trinajstić information content (AvgIpc) is 3.01. The maximum atomic E-state index is 14.3. The second-order valence-corrected chi connectivity index (χ2v) is 9.33. The van der Waals surface area contributed by atoms with Crippen molar-refractivity contribution in [3.05, 3.63) is 161 Å². The normalized spacial score (nSPS) is 10.6. The SMILES string of the molecule is O=Cc1cccc(-c2cccc(C(=O)N(Cc3ccccc3)Cc3ccccc3)c2OCc2ccccc2)c1. The minimum Gasteiger partial charge on any atom is -0.487 e. The summed E-state index contributed by atoms with van der Waals surface area (Å²) in [6.45, 7) is 1.22. The Bertz CT molecular complexity index is 1490. The van der Waals surface area contributed by atoms with E-state index < -0.39 is 0 Å². The number of hydrogen-bond donors (Lipinski definition) is 0. The van der Waals surface area contributed by atoms with E-state index in [1.165, 1.54) is 0 Å². The van der Waals surface area contributed by atoms with Crippen LogP contribution in [-0.4, -0.2) is 17.1 Å². The fourth-order valence-corrected chi connectivity index (χ4v) is 4.57. The summed E-state index contributed by atoms with van der Waals surface area (Å²) in [6.07, 6.45) is 0.824. The Morgan fingerprint density at radius 1 is 0.641 bits per heavy atom. The van der Waals surface area contributed by atoms with E-state index >= 15 is 0 Å². The number of carbonyl (C=O) groups is 2. The highest BCUT2D eigenvalue weighted by Gasteiger charge is 2.23. The molecule has 0 N–H and O–H groups in total. The Hall–Kier alpha value is -4.96. The van der Waals surface area contributed by atoms with E-state index in [-0.39, 0.29) is 5.91 Å². The number of rotatable bonds is 10. The van der Waals surface area contributed by atoms with Crippen molar-refractivity contribution in [2.24, 2.45) is 0 Å². The molecule has 4 nitrogen and oxygen atoms in total. The van der Waals surface area contributed by atoms with Crippen LogP contribution in [0.5, 0.6) is 5.75 Å². The van der Waals surface area contributed by atoms with E-state index in [2.05, 4.69) is 0 Å². The summed E-state index contributed by atoms with van der Waals surface area (Å²) in [5.41, 5.74) is 5.71. The summed E-state index contributed by atoms with van der Waals surface area (Å²) in [5, 5.41) is 0. The van der Waals surface area contributed by atoms with Crippen LogP contribution in [0.4, 0.5) is 0 Å². The van der Waals surface area contributed by atoms with E-state index in [1.54, 1.807) is 6.07 Å². The lowest BCUT2D eigenvalue weighted by Crippen LogP contribution is -2.30. The van der Waals surface area contributed by atoms with Gasteiger partial charge in [-0.25, -0.2) is 0 Å². The first-order chi connectivity index (χ1) is 19.2. The van der Waals surface area contributed by atoms with Gasteiger partial charge in [0.2, 0.25) is 0 Å². The van der Waals surface area contributed by atoms with Crippen LogP contribution in [-0.2, 0) is 19.7 Å². The van der Waals surface area contributed by atoms with Crippen molar-refractivity contribution in [2.75, 3.05) is 0 Å². The first-order valence-corrected chi connectivity index (χ1v) is 12.9. The number of ether oxygens (including phenoxy) is 1. The standard InChI is InChI=1S/C35H29NO3/c37-25-30-18-10-19-31(22-30)32-20-11-21-33(34(32)39-26-29-16-8-3-9-17-29)35(38)36(23-27-12-4-1-5-13-27)24-28-14-6-2-7-15-28/h1-22,25H,23-24,26H2. The van der Waals surface area contributed by atoms with Gasteiger partial charge in [-0.2, -0.15) is 0 Å². The van der Waals surface area contributed by atoms with Gasteiger partial charge < -0.3 is 9.64 Å². The third kappa shape index (κ3) is 6.49. The topological polar surface area (TPSA) is 46.6 Å².